The monoisotopic (exact) mass is 346 g/mol. The van der Waals surface area contributed by atoms with E-state index in [4.69, 9.17) is 4.42 Å². The van der Waals surface area contributed by atoms with Crippen molar-refractivity contribution in [1.82, 2.24) is 14.4 Å². The highest BCUT2D eigenvalue weighted by atomic mass is 16.4. The third kappa shape index (κ3) is 3.93. The Labute approximate surface area is 147 Å². The number of benzene rings is 1. The summed E-state index contributed by atoms with van der Waals surface area (Å²) >= 11 is 0. The largest absolute Gasteiger partial charge is 0.419 e. The van der Waals surface area contributed by atoms with Gasteiger partial charge in [0.25, 0.3) is 0 Å². The lowest BCUT2D eigenvalue weighted by molar-refractivity contribution is -0.121. The molecule has 0 radical (unpaired) electrons. The zero-order valence-corrected chi connectivity index (χ0v) is 15.1. The smallest absolute Gasteiger partial charge is 0.408 e. The molecule has 1 aliphatic heterocycles. The third-order valence-electron chi connectivity index (χ3n) is 4.78. The first kappa shape index (κ1) is 17.7. The first-order chi connectivity index (χ1) is 12.0. The average molecular weight is 346 g/mol. The molecule has 0 aliphatic carbocycles. The standard InChI is InChI=1S/C18H26N4O3/c1-20(2)10-11-22-15-12-13(7-8-16(15)25-18(22)24)19-17(23)14-6-4-5-9-21(14)3/h7-8,12,14H,4-6,9-11H2,1-3H3,(H,19,23). The molecular weight excluding hydrogens is 320 g/mol. The quantitative estimate of drug-likeness (QED) is 0.890. The van der Waals surface area contributed by atoms with Crippen molar-refractivity contribution in [3.63, 3.8) is 0 Å². The molecule has 1 saturated heterocycles. The van der Waals surface area contributed by atoms with Crippen molar-refractivity contribution < 1.29 is 9.21 Å². The van der Waals surface area contributed by atoms with Gasteiger partial charge in [-0.25, -0.2) is 4.79 Å². The van der Waals surface area contributed by atoms with E-state index < -0.39 is 0 Å². The number of nitrogens with one attached hydrogen (secondary N) is 1. The van der Waals surface area contributed by atoms with Crippen LogP contribution in [0, 0.1) is 0 Å². The zero-order valence-electron chi connectivity index (χ0n) is 15.1. The summed E-state index contributed by atoms with van der Waals surface area (Å²) in [4.78, 5) is 28.7. The SMILES string of the molecule is CN(C)CCn1c(=O)oc2ccc(NC(=O)C3CCCCN3C)cc21. The highest BCUT2D eigenvalue weighted by Crippen LogP contribution is 2.21. The fraction of sp³-hybridized carbons (Fsp3) is 0.556. The summed E-state index contributed by atoms with van der Waals surface area (Å²) < 4.78 is 6.90. The molecule has 1 atom stereocenters. The second kappa shape index (κ2) is 7.41. The van der Waals surface area contributed by atoms with Gasteiger partial charge in [0.2, 0.25) is 5.91 Å². The molecule has 7 heteroatoms. The summed E-state index contributed by atoms with van der Waals surface area (Å²) in [6.45, 7) is 2.22. The molecule has 3 rings (SSSR count). The van der Waals surface area contributed by atoms with Crippen LogP contribution >= 0.6 is 0 Å². The Hall–Kier alpha value is -2.12. The van der Waals surface area contributed by atoms with E-state index >= 15 is 0 Å². The van der Waals surface area contributed by atoms with E-state index in [0.717, 1.165) is 32.4 Å². The normalized spacial score (nSPS) is 18.8. The molecule has 136 valence electrons. The molecule has 1 amide bonds. The molecular formula is C18H26N4O3. The molecule has 0 spiro atoms. The van der Waals surface area contributed by atoms with Crippen LogP contribution < -0.4 is 11.1 Å². The predicted molar refractivity (Wildman–Crippen MR) is 97.9 cm³/mol. The minimum atomic E-state index is -0.368. The van der Waals surface area contributed by atoms with Crippen molar-refractivity contribution >= 4 is 22.7 Å². The molecule has 25 heavy (non-hydrogen) atoms. The highest BCUT2D eigenvalue weighted by molar-refractivity contribution is 5.96. The number of carbonyl (C=O) groups excluding carboxylic acids is 1. The molecule has 2 aromatic rings. The molecule has 1 fully saturated rings. The molecule has 1 aromatic heterocycles. The number of piperidine rings is 1. The number of aromatic nitrogens is 1. The van der Waals surface area contributed by atoms with Crippen LogP contribution in [0.2, 0.25) is 0 Å². The van der Waals surface area contributed by atoms with Gasteiger partial charge < -0.3 is 14.6 Å². The van der Waals surface area contributed by atoms with E-state index in [0.29, 0.717) is 23.3 Å². The van der Waals surface area contributed by atoms with Gasteiger partial charge in [0.05, 0.1) is 11.6 Å². The van der Waals surface area contributed by atoms with Gasteiger partial charge in [-0.05, 0) is 58.7 Å². The Morgan fingerprint density at radius 2 is 2.16 bits per heavy atom. The number of amides is 1. The van der Waals surface area contributed by atoms with E-state index in [-0.39, 0.29) is 17.7 Å². The fourth-order valence-electron chi connectivity index (χ4n) is 3.28. The van der Waals surface area contributed by atoms with E-state index in [1.807, 2.05) is 32.1 Å². The zero-order chi connectivity index (χ0) is 18.0. The number of nitrogens with zero attached hydrogens (tertiary/aromatic N) is 3. The number of hydrogen-bond donors (Lipinski definition) is 1. The van der Waals surface area contributed by atoms with Gasteiger partial charge in [-0.3, -0.25) is 14.3 Å². The van der Waals surface area contributed by atoms with Crippen LogP contribution in [0.15, 0.2) is 27.4 Å². The van der Waals surface area contributed by atoms with Crippen molar-refractivity contribution in [3.8, 4) is 0 Å². The number of fused-ring (bicyclic) bond motifs is 1. The number of hydrogen-bond acceptors (Lipinski definition) is 5. The topological polar surface area (TPSA) is 70.7 Å². The summed E-state index contributed by atoms with van der Waals surface area (Å²) in [6.07, 6.45) is 3.09. The maximum Gasteiger partial charge on any atom is 0.419 e. The number of carbonyl (C=O) groups is 1. The molecule has 7 nitrogen and oxygen atoms in total. The molecule has 1 N–H and O–H groups in total. The van der Waals surface area contributed by atoms with Crippen molar-refractivity contribution in [2.75, 3.05) is 39.5 Å². The Morgan fingerprint density at radius 1 is 1.36 bits per heavy atom. The second-order valence-electron chi connectivity index (χ2n) is 6.99. The molecule has 1 unspecified atom stereocenters. The lowest BCUT2D eigenvalue weighted by Gasteiger charge is -2.31. The van der Waals surface area contributed by atoms with Crippen LogP contribution in [-0.4, -0.2) is 60.5 Å². The van der Waals surface area contributed by atoms with E-state index in [9.17, 15) is 9.59 Å². The van der Waals surface area contributed by atoms with Crippen LogP contribution in [0.3, 0.4) is 0 Å². The Bertz CT molecular complexity index is 808. The van der Waals surface area contributed by atoms with Crippen LogP contribution in [0.5, 0.6) is 0 Å². The first-order valence-corrected chi connectivity index (χ1v) is 8.75. The molecule has 0 saturated carbocycles. The van der Waals surface area contributed by atoms with Gasteiger partial charge in [0.1, 0.15) is 0 Å². The van der Waals surface area contributed by atoms with E-state index in [2.05, 4.69) is 10.2 Å². The number of likely N-dealkylation sites (tertiary alicyclic amines) is 1. The molecule has 1 aliphatic rings. The average Bonchev–Trinajstić information content (AvgIpc) is 2.88. The van der Waals surface area contributed by atoms with E-state index in [1.54, 1.807) is 16.7 Å². The van der Waals surface area contributed by atoms with Crippen molar-refractivity contribution in [2.45, 2.75) is 31.8 Å². The summed E-state index contributed by atoms with van der Waals surface area (Å²) in [5.74, 6) is -0.362. The summed E-state index contributed by atoms with van der Waals surface area (Å²) in [6, 6.07) is 5.24. The maximum absolute atomic E-state index is 12.6. The molecule has 2 heterocycles. The Balaban J connectivity index is 1.81. The Kier molecular flexibility index (Phi) is 5.24. The van der Waals surface area contributed by atoms with Gasteiger partial charge in [-0.15, -0.1) is 0 Å². The van der Waals surface area contributed by atoms with Gasteiger partial charge >= 0.3 is 5.76 Å². The number of rotatable bonds is 5. The third-order valence-corrected chi connectivity index (χ3v) is 4.78. The lowest BCUT2D eigenvalue weighted by atomic mass is 10.0. The number of likely N-dealkylation sites (N-methyl/N-ethyl adjacent to an activating group) is 2. The Morgan fingerprint density at radius 3 is 2.88 bits per heavy atom. The van der Waals surface area contributed by atoms with Gasteiger partial charge in [-0.1, -0.05) is 6.42 Å². The predicted octanol–water partition coefficient (Wildman–Crippen LogP) is 1.58. The fourth-order valence-corrected chi connectivity index (χ4v) is 3.28. The van der Waals surface area contributed by atoms with Crippen LogP contribution in [-0.2, 0) is 11.3 Å². The maximum atomic E-state index is 12.6. The van der Waals surface area contributed by atoms with Crippen molar-refractivity contribution in [2.24, 2.45) is 0 Å². The first-order valence-electron chi connectivity index (χ1n) is 8.75. The number of anilines is 1. The second-order valence-corrected chi connectivity index (χ2v) is 6.99. The van der Waals surface area contributed by atoms with Crippen molar-refractivity contribution in [3.05, 3.63) is 28.7 Å². The van der Waals surface area contributed by atoms with Gasteiger partial charge in [-0.2, -0.15) is 0 Å². The van der Waals surface area contributed by atoms with E-state index in [1.165, 1.54) is 0 Å². The molecule has 1 aromatic carbocycles. The summed E-state index contributed by atoms with van der Waals surface area (Å²) in [7, 11) is 5.90. The highest BCUT2D eigenvalue weighted by Gasteiger charge is 2.26. The summed E-state index contributed by atoms with van der Waals surface area (Å²) in [5.41, 5.74) is 1.94. The summed E-state index contributed by atoms with van der Waals surface area (Å²) in [5, 5.41) is 2.99. The van der Waals surface area contributed by atoms with Crippen LogP contribution in [0.4, 0.5) is 5.69 Å². The van der Waals surface area contributed by atoms with Crippen LogP contribution in [0.25, 0.3) is 11.1 Å². The minimum absolute atomic E-state index is 0.00670. The van der Waals surface area contributed by atoms with Gasteiger partial charge in [0.15, 0.2) is 5.58 Å². The number of oxazole rings is 1. The van der Waals surface area contributed by atoms with Gasteiger partial charge in [0, 0.05) is 18.8 Å². The van der Waals surface area contributed by atoms with Crippen LogP contribution in [0.1, 0.15) is 19.3 Å². The van der Waals surface area contributed by atoms with Crippen molar-refractivity contribution in [1.29, 1.82) is 0 Å². The minimum Gasteiger partial charge on any atom is -0.408 e. The lowest BCUT2D eigenvalue weighted by Crippen LogP contribution is -2.44. The molecule has 0 bridgehead atoms.